The van der Waals surface area contributed by atoms with E-state index in [1.807, 2.05) is 30.3 Å². The molecule has 0 radical (unpaired) electrons. The summed E-state index contributed by atoms with van der Waals surface area (Å²) >= 11 is 0. The van der Waals surface area contributed by atoms with Gasteiger partial charge in [-0.2, -0.15) is 0 Å². The number of hydrogen-bond acceptors (Lipinski definition) is 6. The van der Waals surface area contributed by atoms with Crippen LogP contribution in [0.3, 0.4) is 0 Å². The number of methoxy groups -OCH3 is 3. The SMILES string of the molecule is COc1cc(Nc2ncnc3c2ccc2ccccc23)cc(OC)c1OC. The smallest absolute Gasteiger partial charge is 0.203 e. The quantitative estimate of drug-likeness (QED) is 0.526. The van der Waals surface area contributed by atoms with Crippen LogP contribution in [0.4, 0.5) is 11.5 Å². The zero-order valence-corrected chi connectivity index (χ0v) is 15.3. The molecule has 0 fully saturated rings. The Morgan fingerprint density at radius 1 is 0.778 bits per heavy atom. The number of nitrogens with one attached hydrogen (secondary N) is 1. The third-order valence-corrected chi connectivity index (χ3v) is 4.46. The molecule has 4 rings (SSSR count). The molecule has 0 aliphatic rings. The Labute approximate surface area is 156 Å². The molecule has 0 saturated carbocycles. The summed E-state index contributed by atoms with van der Waals surface area (Å²) in [7, 11) is 4.76. The van der Waals surface area contributed by atoms with Gasteiger partial charge >= 0.3 is 0 Å². The summed E-state index contributed by atoms with van der Waals surface area (Å²) in [5, 5.41) is 6.51. The van der Waals surface area contributed by atoms with Gasteiger partial charge in [0.15, 0.2) is 11.5 Å². The molecular formula is C21H19N3O3. The maximum atomic E-state index is 5.42. The van der Waals surface area contributed by atoms with Crippen LogP contribution in [-0.2, 0) is 0 Å². The van der Waals surface area contributed by atoms with Gasteiger partial charge in [0, 0.05) is 28.6 Å². The minimum atomic E-state index is 0.545. The maximum absolute atomic E-state index is 5.42. The lowest BCUT2D eigenvalue weighted by Crippen LogP contribution is -2.00. The van der Waals surface area contributed by atoms with Crippen molar-refractivity contribution in [3.63, 3.8) is 0 Å². The largest absolute Gasteiger partial charge is 0.493 e. The molecule has 0 saturated heterocycles. The molecule has 0 aliphatic carbocycles. The van der Waals surface area contributed by atoms with Gasteiger partial charge in [-0.15, -0.1) is 0 Å². The van der Waals surface area contributed by atoms with Crippen molar-refractivity contribution in [2.24, 2.45) is 0 Å². The van der Waals surface area contributed by atoms with E-state index in [-0.39, 0.29) is 0 Å². The minimum absolute atomic E-state index is 0.545. The summed E-state index contributed by atoms with van der Waals surface area (Å²) in [5.41, 5.74) is 1.68. The Morgan fingerprint density at radius 2 is 1.52 bits per heavy atom. The highest BCUT2D eigenvalue weighted by Gasteiger charge is 2.14. The number of aromatic nitrogens is 2. The fourth-order valence-corrected chi connectivity index (χ4v) is 3.19. The predicted octanol–water partition coefficient (Wildman–Crippen LogP) is 4.55. The van der Waals surface area contributed by atoms with Crippen molar-refractivity contribution < 1.29 is 14.2 Å². The topological polar surface area (TPSA) is 65.5 Å². The molecular weight excluding hydrogens is 342 g/mol. The number of ether oxygens (including phenoxy) is 3. The predicted molar refractivity (Wildman–Crippen MR) is 106 cm³/mol. The molecule has 0 atom stereocenters. The summed E-state index contributed by atoms with van der Waals surface area (Å²) in [4.78, 5) is 8.91. The zero-order chi connectivity index (χ0) is 18.8. The zero-order valence-electron chi connectivity index (χ0n) is 15.3. The van der Waals surface area contributed by atoms with Crippen molar-refractivity contribution in [2.45, 2.75) is 0 Å². The number of rotatable bonds is 5. The van der Waals surface area contributed by atoms with Gasteiger partial charge in [0.1, 0.15) is 12.1 Å². The molecule has 27 heavy (non-hydrogen) atoms. The highest BCUT2D eigenvalue weighted by Crippen LogP contribution is 2.41. The molecule has 1 N–H and O–H groups in total. The molecule has 0 spiro atoms. The van der Waals surface area contributed by atoms with Crippen molar-refractivity contribution in [3.05, 3.63) is 54.9 Å². The molecule has 1 aromatic heterocycles. The average Bonchev–Trinajstić information content (AvgIpc) is 2.73. The molecule has 0 aliphatic heterocycles. The van der Waals surface area contributed by atoms with E-state index >= 15 is 0 Å². The maximum Gasteiger partial charge on any atom is 0.203 e. The van der Waals surface area contributed by atoms with E-state index in [1.54, 1.807) is 27.7 Å². The van der Waals surface area contributed by atoms with Gasteiger partial charge in [0.05, 0.1) is 26.8 Å². The number of anilines is 2. The van der Waals surface area contributed by atoms with E-state index in [0.717, 1.165) is 27.4 Å². The number of nitrogens with zero attached hydrogens (tertiary/aromatic N) is 2. The highest BCUT2D eigenvalue weighted by atomic mass is 16.5. The van der Waals surface area contributed by atoms with Crippen LogP contribution in [0.25, 0.3) is 21.7 Å². The summed E-state index contributed by atoms with van der Waals surface area (Å²) in [6.45, 7) is 0. The van der Waals surface area contributed by atoms with Gasteiger partial charge in [-0.3, -0.25) is 0 Å². The summed E-state index contributed by atoms with van der Waals surface area (Å²) in [6, 6.07) is 15.9. The van der Waals surface area contributed by atoms with Crippen molar-refractivity contribution in [1.82, 2.24) is 9.97 Å². The Bertz CT molecular complexity index is 1100. The van der Waals surface area contributed by atoms with Crippen molar-refractivity contribution in [3.8, 4) is 17.2 Å². The van der Waals surface area contributed by atoms with Crippen molar-refractivity contribution in [2.75, 3.05) is 26.6 Å². The Kier molecular flexibility index (Phi) is 4.38. The number of hydrogen-bond donors (Lipinski definition) is 1. The number of fused-ring (bicyclic) bond motifs is 3. The summed E-state index contributed by atoms with van der Waals surface area (Å²) < 4.78 is 16.2. The van der Waals surface area contributed by atoms with E-state index in [0.29, 0.717) is 23.1 Å². The third kappa shape index (κ3) is 2.95. The molecule has 6 nitrogen and oxygen atoms in total. The van der Waals surface area contributed by atoms with Gasteiger partial charge in [0.25, 0.3) is 0 Å². The second kappa shape index (κ2) is 6.99. The second-order valence-electron chi connectivity index (χ2n) is 5.94. The molecule has 1 heterocycles. The van der Waals surface area contributed by atoms with Crippen LogP contribution in [0.5, 0.6) is 17.2 Å². The third-order valence-electron chi connectivity index (χ3n) is 4.46. The van der Waals surface area contributed by atoms with Gasteiger partial charge in [-0.05, 0) is 11.5 Å². The average molecular weight is 361 g/mol. The lowest BCUT2D eigenvalue weighted by atomic mass is 10.1. The van der Waals surface area contributed by atoms with Crippen LogP contribution >= 0.6 is 0 Å². The molecule has 0 unspecified atom stereocenters. The van der Waals surface area contributed by atoms with Crippen LogP contribution in [0.1, 0.15) is 0 Å². The highest BCUT2D eigenvalue weighted by molar-refractivity contribution is 6.08. The van der Waals surface area contributed by atoms with E-state index in [2.05, 4.69) is 33.5 Å². The first-order valence-electron chi connectivity index (χ1n) is 8.44. The molecule has 3 aromatic carbocycles. The summed E-state index contributed by atoms with van der Waals surface area (Å²) in [5.74, 6) is 2.40. The first-order chi connectivity index (χ1) is 13.2. The lowest BCUT2D eigenvalue weighted by molar-refractivity contribution is 0.324. The van der Waals surface area contributed by atoms with Gasteiger partial charge in [-0.25, -0.2) is 9.97 Å². The van der Waals surface area contributed by atoms with E-state index in [1.165, 1.54) is 0 Å². The molecule has 0 bridgehead atoms. The second-order valence-corrected chi connectivity index (χ2v) is 5.94. The van der Waals surface area contributed by atoms with Gasteiger partial charge < -0.3 is 19.5 Å². The van der Waals surface area contributed by atoms with E-state index in [4.69, 9.17) is 14.2 Å². The van der Waals surface area contributed by atoms with E-state index < -0.39 is 0 Å². The minimum Gasteiger partial charge on any atom is -0.493 e. The van der Waals surface area contributed by atoms with Crippen LogP contribution in [-0.4, -0.2) is 31.3 Å². The molecule has 0 amide bonds. The fourth-order valence-electron chi connectivity index (χ4n) is 3.19. The first-order valence-corrected chi connectivity index (χ1v) is 8.44. The van der Waals surface area contributed by atoms with Gasteiger partial charge in [0.2, 0.25) is 5.75 Å². The molecule has 6 heteroatoms. The summed E-state index contributed by atoms with van der Waals surface area (Å²) in [6.07, 6.45) is 1.56. The Hall–Kier alpha value is -3.54. The number of benzene rings is 3. The van der Waals surface area contributed by atoms with Crippen molar-refractivity contribution >= 4 is 33.2 Å². The van der Waals surface area contributed by atoms with Crippen LogP contribution in [0, 0.1) is 0 Å². The van der Waals surface area contributed by atoms with Crippen molar-refractivity contribution in [1.29, 1.82) is 0 Å². The molecule has 4 aromatic rings. The Morgan fingerprint density at radius 3 is 2.22 bits per heavy atom. The van der Waals surface area contributed by atoms with Gasteiger partial charge in [-0.1, -0.05) is 30.3 Å². The fraction of sp³-hybridized carbons (Fsp3) is 0.143. The van der Waals surface area contributed by atoms with E-state index in [9.17, 15) is 0 Å². The first kappa shape index (κ1) is 16.9. The van der Waals surface area contributed by atoms with Crippen LogP contribution in [0.15, 0.2) is 54.9 Å². The monoisotopic (exact) mass is 361 g/mol. The van der Waals surface area contributed by atoms with Crippen LogP contribution in [0.2, 0.25) is 0 Å². The Balaban J connectivity index is 1.83. The standard InChI is InChI=1S/C21H19N3O3/c1-25-17-10-14(11-18(26-2)20(17)27-3)24-21-16-9-8-13-6-4-5-7-15(13)19(16)22-12-23-21/h4-12H,1-3H3,(H,22,23,24). The lowest BCUT2D eigenvalue weighted by Gasteiger charge is -2.15. The normalized spacial score (nSPS) is 10.8. The van der Waals surface area contributed by atoms with Crippen LogP contribution < -0.4 is 19.5 Å². The molecule has 136 valence electrons.